The minimum atomic E-state index is -3.49. The molecule has 176 valence electrons. The van der Waals surface area contributed by atoms with Crippen LogP contribution in [-0.4, -0.2) is 65.2 Å². The molecule has 0 aliphatic carbocycles. The number of sulfonamides is 1. The van der Waals surface area contributed by atoms with Gasteiger partial charge in [-0.25, -0.2) is 18.4 Å². The zero-order valence-electron chi connectivity index (χ0n) is 19.0. The second-order valence-corrected chi connectivity index (χ2v) is 10.4. The van der Waals surface area contributed by atoms with Crippen LogP contribution in [0.15, 0.2) is 65.8 Å². The lowest BCUT2D eigenvalue weighted by atomic mass is 10.1. The molecule has 0 radical (unpaired) electrons. The van der Waals surface area contributed by atoms with Gasteiger partial charge in [0.1, 0.15) is 11.5 Å². The van der Waals surface area contributed by atoms with Gasteiger partial charge in [-0.05, 0) is 38.1 Å². The van der Waals surface area contributed by atoms with Gasteiger partial charge in [-0.15, -0.1) is 0 Å². The Morgan fingerprint density at radius 1 is 1.00 bits per heavy atom. The van der Waals surface area contributed by atoms with E-state index >= 15 is 0 Å². The minimum absolute atomic E-state index is 0.0252. The molecule has 0 saturated carbocycles. The van der Waals surface area contributed by atoms with Crippen molar-refractivity contribution < 1.29 is 13.2 Å². The van der Waals surface area contributed by atoms with Crippen molar-refractivity contribution in [2.24, 2.45) is 0 Å². The Bertz CT molecular complexity index is 1400. The lowest BCUT2D eigenvalue weighted by Gasteiger charge is -2.34. The first-order valence-corrected chi connectivity index (χ1v) is 12.6. The van der Waals surface area contributed by atoms with E-state index in [1.807, 2.05) is 38.1 Å². The molecule has 0 atom stereocenters. The molecule has 9 nitrogen and oxygen atoms in total. The highest BCUT2D eigenvalue weighted by molar-refractivity contribution is 7.89. The van der Waals surface area contributed by atoms with Crippen LogP contribution in [0.4, 0.5) is 5.82 Å². The van der Waals surface area contributed by atoms with Crippen LogP contribution in [0.3, 0.4) is 0 Å². The summed E-state index contributed by atoms with van der Waals surface area (Å²) in [5.74, 6) is 1.34. The topological polar surface area (TPSA) is 104 Å². The standard InChI is InChI=1S/C24H26N6O3S/c1-17(2)33-23-15-20-21(16-26-23)27-28-24(20)18-8-9-25-22(14-18)29-10-12-30(13-11-29)34(31,32)19-6-4-3-5-7-19/h3-9,14-17H,10-13H2,1-2H3,(H,27,28). The molecule has 3 aromatic heterocycles. The van der Waals surface area contributed by atoms with Crippen LogP contribution >= 0.6 is 0 Å². The van der Waals surface area contributed by atoms with E-state index in [4.69, 9.17) is 4.74 Å². The predicted octanol–water partition coefficient (Wildman–Crippen LogP) is 3.32. The lowest BCUT2D eigenvalue weighted by Crippen LogP contribution is -2.48. The highest BCUT2D eigenvalue weighted by Gasteiger charge is 2.29. The van der Waals surface area contributed by atoms with E-state index in [9.17, 15) is 8.42 Å². The van der Waals surface area contributed by atoms with Crippen LogP contribution < -0.4 is 9.64 Å². The molecular weight excluding hydrogens is 452 g/mol. The molecule has 0 unspecified atom stereocenters. The molecule has 1 aromatic carbocycles. The maximum absolute atomic E-state index is 12.9. The van der Waals surface area contributed by atoms with E-state index in [1.165, 1.54) is 4.31 Å². The number of hydrogen-bond acceptors (Lipinski definition) is 7. The number of nitrogens with one attached hydrogen (secondary N) is 1. The molecule has 4 aromatic rings. The van der Waals surface area contributed by atoms with E-state index in [2.05, 4.69) is 25.1 Å². The number of anilines is 1. The average molecular weight is 479 g/mol. The van der Waals surface area contributed by atoms with Crippen LogP contribution in [0, 0.1) is 0 Å². The number of hydrogen-bond donors (Lipinski definition) is 1. The Morgan fingerprint density at radius 2 is 1.76 bits per heavy atom. The molecule has 5 rings (SSSR count). The summed E-state index contributed by atoms with van der Waals surface area (Å²) in [5.41, 5.74) is 2.53. The fourth-order valence-electron chi connectivity index (χ4n) is 4.06. The van der Waals surface area contributed by atoms with E-state index in [-0.39, 0.29) is 6.10 Å². The van der Waals surface area contributed by atoms with Gasteiger partial charge < -0.3 is 9.64 Å². The Hall–Kier alpha value is -3.50. The molecule has 1 aliphatic rings. The summed E-state index contributed by atoms with van der Waals surface area (Å²) in [6, 6.07) is 14.4. The second kappa shape index (κ2) is 9.03. The zero-order valence-corrected chi connectivity index (χ0v) is 19.9. The minimum Gasteiger partial charge on any atom is -0.475 e. The molecule has 0 bridgehead atoms. The van der Waals surface area contributed by atoms with Gasteiger partial charge in [-0.2, -0.15) is 9.40 Å². The smallest absolute Gasteiger partial charge is 0.243 e. The maximum Gasteiger partial charge on any atom is 0.243 e. The van der Waals surface area contributed by atoms with Crippen LogP contribution in [-0.2, 0) is 10.0 Å². The van der Waals surface area contributed by atoms with Crippen LogP contribution in [0.1, 0.15) is 13.8 Å². The number of pyridine rings is 2. The molecule has 0 amide bonds. The monoisotopic (exact) mass is 478 g/mol. The Kier molecular flexibility index (Phi) is 5.93. The highest BCUT2D eigenvalue weighted by atomic mass is 32.2. The number of fused-ring (bicyclic) bond motifs is 1. The van der Waals surface area contributed by atoms with E-state index in [1.54, 1.807) is 36.7 Å². The largest absolute Gasteiger partial charge is 0.475 e. The summed E-state index contributed by atoms with van der Waals surface area (Å²) >= 11 is 0. The van der Waals surface area contributed by atoms with E-state index in [0.29, 0.717) is 37.0 Å². The quantitative estimate of drug-likeness (QED) is 0.453. The van der Waals surface area contributed by atoms with E-state index in [0.717, 1.165) is 28.0 Å². The molecule has 1 aliphatic heterocycles. The maximum atomic E-state index is 12.9. The summed E-state index contributed by atoms with van der Waals surface area (Å²) in [7, 11) is -3.49. The van der Waals surface area contributed by atoms with Gasteiger partial charge in [0.15, 0.2) is 0 Å². The Morgan fingerprint density at radius 3 is 2.50 bits per heavy atom. The number of piperazine rings is 1. The van der Waals surface area contributed by atoms with Crippen molar-refractivity contribution >= 4 is 26.7 Å². The third-order valence-electron chi connectivity index (χ3n) is 5.74. The molecule has 4 heterocycles. The van der Waals surface area contributed by atoms with Crippen LogP contribution in [0.2, 0.25) is 0 Å². The number of H-pyrrole nitrogens is 1. The zero-order chi connectivity index (χ0) is 23.7. The number of ether oxygens (including phenoxy) is 1. The van der Waals surface area contributed by atoms with Crippen molar-refractivity contribution in [2.75, 3.05) is 31.1 Å². The van der Waals surface area contributed by atoms with Crippen molar-refractivity contribution in [2.45, 2.75) is 24.8 Å². The molecule has 0 spiro atoms. The number of aromatic amines is 1. The first kappa shape index (κ1) is 22.3. The number of nitrogens with zero attached hydrogens (tertiary/aromatic N) is 5. The van der Waals surface area contributed by atoms with Gasteiger partial charge in [0.05, 0.1) is 22.7 Å². The third-order valence-corrected chi connectivity index (χ3v) is 7.65. The van der Waals surface area contributed by atoms with Crippen LogP contribution in [0.25, 0.3) is 22.2 Å². The van der Waals surface area contributed by atoms with Crippen LogP contribution in [0.5, 0.6) is 5.88 Å². The van der Waals surface area contributed by atoms with Gasteiger partial charge in [0.2, 0.25) is 15.9 Å². The van der Waals surface area contributed by atoms with Gasteiger partial charge in [0.25, 0.3) is 0 Å². The van der Waals surface area contributed by atoms with Crippen molar-refractivity contribution in [1.29, 1.82) is 0 Å². The molecule has 1 saturated heterocycles. The fraction of sp³-hybridized carbons (Fsp3) is 0.292. The molecule has 10 heteroatoms. The molecule has 34 heavy (non-hydrogen) atoms. The average Bonchev–Trinajstić information content (AvgIpc) is 3.28. The van der Waals surface area contributed by atoms with Gasteiger partial charge in [0, 0.05) is 49.4 Å². The molecule has 1 N–H and O–H groups in total. The highest BCUT2D eigenvalue weighted by Crippen LogP contribution is 2.30. The van der Waals surface area contributed by atoms with E-state index < -0.39 is 10.0 Å². The summed E-state index contributed by atoms with van der Waals surface area (Å²) in [5, 5.41) is 8.44. The Balaban J connectivity index is 1.36. The summed E-state index contributed by atoms with van der Waals surface area (Å²) in [6.45, 7) is 5.83. The fourth-order valence-corrected chi connectivity index (χ4v) is 5.50. The Labute approximate surface area is 198 Å². The first-order chi connectivity index (χ1) is 16.4. The molecule has 1 fully saturated rings. The third kappa shape index (κ3) is 4.34. The lowest BCUT2D eigenvalue weighted by molar-refractivity contribution is 0.233. The van der Waals surface area contributed by atoms with Gasteiger partial charge in [-0.1, -0.05) is 18.2 Å². The van der Waals surface area contributed by atoms with Gasteiger partial charge in [-0.3, -0.25) is 5.10 Å². The van der Waals surface area contributed by atoms with Crippen molar-refractivity contribution in [3.63, 3.8) is 0 Å². The van der Waals surface area contributed by atoms with Crippen molar-refractivity contribution in [3.05, 3.63) is 60.9 Å². The van der Waals surface area contributed by atoms with Crippen molar-refractivity contribution in [3.8, 4) is 17.1 Å². The normalized spacial score (nSPS) is 15.2. The summed E-state index contributed by atoms with van der Waals surface area (Å²) < 4.78 is 33.1. The second-order valence-electron chi connectivity index (χ2n) is 8.41. The predicted molar refractivity (Wildman–Crippen MR) is 130 cm³/mol. The van der Waals surface area contributed by atoms with Gasteiger partial charge >= 0.3 is 0 Å². The first-order valence-electron chi connectivity index (χ1n) is 11.2. The number of aromatic nitrogens is 4. The number of benzene rings is 1. The SMILES string of the molecule is CC(C)Oc1cc2c(-c3ccnc(N4CCN(S(=O)(=O)c5ccccc5)CC4)c3)n[nH]c2cn1. The summed E-state index contributed by atoms with van der Waals surface area (Å²) in [4.78, 5) is 11.3. The molecular formula is C24H26N6O3S. The number of rotatable bonds is 6. The van der Waals surface area contributed by atoms with Crippen molar-refractivity contribution in [1.82, 2.24) is 24.5 Å². The summed E-state index contributed by atoms with van der Waals surface area (Å²) in [6.07, 6.45) is 3.50.